The number of carbonyl (C=O) groups excluding carboxylic acids is 1. The van der Waals surface area contributed by atoms with Crippen LogP contribution in [0.3, 0.4) is 0 Å². The Morgan fingerprint density at radius 2 is 2.11 bits per heavy atom. The number of carboxylic acid groups (broad SMARTS) is 1. The second-order valence-corrected chi connectivity index (χ2v) is 5.48. The summed E-state index contributed by atoms with van der Waals surface area (Å²) in [5, 5.41) is 9.25. The highest BCUT2D eigenvalue weighted by Gasteiger charge is 2.43. The Balaban J connectivity index is 2.85. The number of carbonyl (C=O) groups is 2. The number of amides is 1. The molecule has 1 rings (SSSR count). The highest BCUT2D eigenvalue weighted by atomic mass is 16.5. The number of carboxylic acids is 1. The van der Waals surface area contributed by atoms with Gasteiger partial charge in [0.2, 0.25) is 0 Å². The first-order valence-corrected chi connectivity index (χ1v) is 6.37. The molecule has 0 spiro atoms. The summed E-state index contributed by atoms with van der Waals surface area (Å²) in [4.78, 5) is 25.3. The van der Waals surface area contributed by atoms with Crippen molar-refractivity contribution >= 4 is 11.9 Å². The maximum absolute atomic E-state index is 12.4. The van der Waals surface area contributed by atoms with Crippen LogP contribution in [-0.2, 0) is 14.3 Å². The van der Waals surface area contributed by atoms with E-state index in [4.69, 9.17) is 4.74 Å². The third kappa shape index (κ3) is 2.66. The molecule has 0 radical (unpaired) electrons. The summed E-state index contributed by atoms with van der Waals surface area (Å²) in [5.74, 6) is -0.949. The van der Waals surface area contributed by atoms with Gasteiger partial charge >= 0.3 is 5.97 Å². The molecule has 2 unspecified atom stereocenters. The summed E-state index contributed by atoms with van der Waals surface area (Å²) in [6.07, 6.45) is 1.91. The largest absolute Gasteiger partial charge is 0.481 e. The Kier molecular flexibility index (Phi) is 4.37. The van der Waals surface area contributed by atoms with E-state index in [-0.39, 0.29) is 12.5 Å². The van der Waals surface area contributed by atoms with Crippen LogP contribution in [0.15, 0.2) is 0 Å². The van der Waals surface area contributed by atoms with Crippen molar-refractivity contribution in [1.82, 2.24) is 4.90 Å². The molecule has 0 aromatic rings. The number of likely N-dealkylation sites (tertiary alicyclic amines) is 1. The molecule has 1 aliphatic heterocycles. The normalized spacial score (nSPS) is 27.7. The second kappa shape index (κ2) is 5.26. The number of nitrogens with zero attached hydrogens (tertiary/aromatic N) is 1. The maximum Gasteiger partial charge on any atom is 0.311 e. The minimum Gasteiger partial charge on any atom is -0.481 e. The molecule has 0 aliphatic carbocycles. The Morgan fingerprint density at radius 3 is 2.56 bits per heavy atom. The number of piperidine rings is 1. The maximum atomic E-state index is 12.4. The van der Waals surface area contributed by atoms with Crippen molar-refractivity contribution in [2.24, 2.45) is 5.41 Å². The van der Waals surface area contributed by atoms with E-state index in [9.17, 15) is 14.7 Å². The Bertz CT molecular complexity index is 338. The van der Waals surface area contributed by atoms with Crippen LogP contribution >= 0.6 is 0 Å². The predicted molar refractivity (Wildman–Crippen MR) is 67.3 cm³/mol. The van der Waals surface area contributed by atoms with Gasteiger partial charge in [-0.25, -0.2) is 0 Å². The van der Waals surface area contributed by atoms with Gasteiger partial charge in [-0.15, -0.1) is 0 Å². The summed E-state index contributed by atoms with van der Waals surface area (Å²) in [7, 11) is 1.52. The zero-order valence-corrected chi connectivity index (χ0v) is 11.7. The van der Waals surface area contributed by atoms with Crippen molar-refractivity contribution in [3.8, 4) is 0 Å². The van der Waals surface area contributed by atoms with E-state index in [1.165, 1.54) is 7.11 Å². The van der Waals surface area contributed by atoms with Crippen molar-refractivity contribution in [1.29, 1.82) is 0 Å². The van der Waals surface area contributed by atoms with Crippen LogP contribution < -0.4 is 0 Å². The summed E-state index contributed by atoms with van der Waals surface area (Å²) in [6.45, 7) is 6.22. The molecule has 0 aromatic carbocycles. The second-order valence-electron chi connectivity index (χ2n) is 5.48. The summed E-state index contributed by atoms with van der Waals surface area (Å²) in [5.41, 5.74) is -1.69. The molecule has 0 saturated carbocycles. The van der Waals surface area contributed by atoms with Gasteiger partial charge in [-0.1, -0.05) is 6.92 Å². The summed E-state index contributed by atoms with van der Waals surface area (Å²) >= 11 is 0. The fourth-order valence-corrected chi connectivity index (χ4v) is 2.30. The van der Waals surface area contributed by atoms with Crippen LogP contribution in [0.5, 0.6) is 0 Å². The van der Waals surface area contributed by atoms with E-state index >= 15 is 0 Å². The van der Waals surface area contributed by atoms with Crippen molar-refractivity contribution in [3.05, 3.63) is 0 Å². The van der Waals surface area contributed by atoms with Gasteiger partial charge in [-0.05, 0) is 33.1 Å². The highest BCUT2D eigenvalue weighted by molar-refractivity contribution is 5.86. The SMILES string of the molecule is CCC(C)(OC)C(=O)N1CCCC(C)(C(=O)O)C1. The lowest BCUT2D eigenvalue weighted by Gasteiger charge is -2.41. The molecule has 1 saturated heterocycles. The van der Waals surface area contributed by atoms with Gasteiger partial charge in [0.15, 0.2) is 0 Å². The topological polar surface area (TPSA) is 66.8 Å². The summed E-state index contributed by atoms with van der Waals surface area (Å²) < 4.78 is 5.29. The number of methoxy groups -OCH3 is 1. The van der Waals surface area contributed by atoms with Crippen molar-refractivity contribution in [2.45, 2.75) is 45.6 Å². The Hall–Kier alpha value is -1.10. The molecule has 104 valence electrons. The van der Waals surface area contributed by atoms with Gasteiger partial charge < -0.3 is 14.7 Å². The third-order valence-electron chi connectivity index (χ3n) is 4.08. The van der Waals surface area contributed by atoms with Crippen LogP contribution in [0.25, 0.3) is 0 Å². The van der Waals surface area contributed by atoms with Gasteiger partial charge in [0.25, 0.3) is 5.91 Å². The van der Waals surface area contributed by atoms with Crippen LogP contribution in [0, 0.1) is 5.41 Å². The molecule has 1 fully saturated rings. The van der Waals surface area contributed by atoms with Crippen LogP contribution in [0.2, 0.25) is 0 Å². The van der Waals surface area contributed by atoms with Gasteiger partial charge in [0.05, 0.1) is 5.41 Å². The quantitative estimate of drug-likeness (QED) is 0.829. The minimum absolute atomic E-state index is 0.111. The molecule has 1 N–H and O–H groups in total. The van der Waals surface area contributed by atoms with E-state index in [1.807, 2.05) is 6.92 Å². The standard InChI is InChI=1S/C13H23NO4/c1-5-13(3,18-4)10(15)14-8-6-7-12(2,9-14)11(16)17/h5-9H2,1-4H3,(H,16,17). The van der Waals surface area contributed by atoms with Crippen molar-refractivity contribution in [3.63, 3.8) is 0 Å². The third-order valence-corrected chi connectivity index (χ3v) is 4.08. The molecule has 18 heavy (non-hydrogen) atoms. The number of hydrogen-bond acceptors (Lipinski definition) is 3. The van der Waals surface area contributed by atoms with E-state index < -0.39 is 17.0 Å². The van der Waals surface area contributed by atoms with E-state index in [1.54, 1.807) is 18.7 Å². The predicted octanol–water partition coefficient (Wildman–Crippen LogP) is 1.51. The zero-order chi connectivity index (χ0) is 14.0. The molecule has 0 bridgehead atoms. The average Bonchev–Trinajstić information content (AvgIpc) is 2.36. The van der Waals surface area contributed by atoms with E-state index in [0.717, 1.165) is 6.42 Å². The molecule has 1 aliphatic rings. The zero-order valence-electron chi connectivity index (χ0n) is 11.7. The number of rotatable bonds is 4. The smallest absolute Gasteiger partial charge is 0.311 e. The summed E-state index contributed by atoms with van der Waals surface area (Å²) in [6, 6.07) is 0. The Labute approximate surface area is 108 Å². The fourth-order valence-electron chi connectivity index (χ4n) is 2.30. The molecule has 2 atom stereocenters. The lowest BCUT2D eigenvalue weighted by Crippen LogP contribution is -2.55. The molecule has 1 amide bonds. The van der Waals surface area contributed by atoms with Gasteiger partial charge in [-0.3, -0.25) is 9.59 Å². The first-order valence-electron chi connectivity index (χ1n) is 6.37. The number of ether oxygens (including phenoxy) is 1. The van der Waals surface area contributed by atoms with Crippen molar-refractivity contribution in [2.75, 3.05) is 20.2 Å². The first kappa shape index (κ1) is 15.0. The average molecular weight is 257 g/mol. The number of aliphatic carboxylic acids is 1. The van der Waals surface area contributed by atoms with Crippen LogP contribution in [-0.4, -0.2) is 47.7 Å². The van der Waals surface area contributed by atoms with Crippen molar-refractivity contribution < 1.29 is 19.4 Å². The molecule has 5 nitrogen and oxygen atoms in total. The van der Waals surface area contributed by atoms with Gasteiger partial charge in [0, 0.05) is 20.2 Å². The van der Waals surface area contributed by atoms with Crippen LogP contribution in [0.1, 0.15) is 40.0 Å². The monoisotopic (exact) mass is 257 g/mol. The molecular weight excluding hydrogens is 234 g/mol. The minimum atomic E-state index is -0.850. The van der Waals surface area contributed by atoms with Gasteiger partial charge in [0.1, 0.15) is 5.60 Å². The fraction of sp³-hybridized carbons (Fsp3) is 0.846. The molecule has 0 aromatic heterocycles. The molecular formula is C13H23NO4. The van der Waals surface area contributed by atoms with E-state index in [0.29, 0.717) is 19.4 Å². The Morgan fingerprint density at radius 1 is 1.50 bits per heavy atom. The lowest BCUT2D eigenvalue weighted by molar-refractivity contribution is -0.162. The van der Waals surface area contributed by atoms with Crippen LogP contribution in [0.4, 0.5) is 0 Å². The molecule has 1 heterocycles. The van der Waals surface area contributed by atoms with Gasteiger partial charge in [-0.2, -0.15) is 0 Å². The number of hydrogen-bond donors (Lipinski definition) is 1. The highest BCUT2D eigenvalue weighted by Crippen LogP contribution is 2.31. The van der Waals surface area contributed by atoms with E-state index in [2.05, 4.69) is 0 Å². The first-order chi connectivity index (χ1) is 8.29. The molecule has 5 heteroatoms. The lowest BCUT2D eigenvalue weighted by atomic mass is 9.81.